The molecule has 0 unspecified atom stereocenters. The highest BCUT2D eigenvalue weighted by Gasteiger charge is 2.29. The standard InChI is InChI=1S/C40H34N2O5S/c1-2-29(25-39-41(23-12-24-48(43,44)45)35-27-32(19-21-37(35)46-39)30-13-6-3-7-14-30)26-40-42(34-17-10-5-11-18-34)36-28-33(20-22-38(36)47-40)31-15-8-4-9-16-31/h3-11,13-22,25-28H,2,12,23-24H2,1H3/p+1. The molecule has 48 heavy (non-hydrogen) atoms. The maximum atomic E-state index is 11.6. The number of ether oxygens (including phenoxy) is 1. The minimum Gasteiger partial charge on any atom is -0.438 e. The fourth-order valence-corrected chi connectivity index (χ4v) is 6.51. The minimum absolute atomic E-state index is 0.223. The molecule has 1 N–H and O–H groups in total. The summed E-state index contributed by atoms with van der Waals surface area (Å²) in [6.45, 7) is 2.41. The van der Waals surface area contributed by atoms with Crippen LogP contribution in [0.3, 0.4) is 0 Å². The second-order valence-electron chi connectivity index (χ2n) is 11.7. The Morgan fingerprint density at radius 2 is 1.42 bits per heavy atom. The Bertz CT molecular complexity index is 2240. The monoisotopic (exact) mass is 655 g/mol. The number of para-hydroxylation sites is 1. The Labute approximate surface area is 280 Å². The van der Waals surface area contributed by atoms with E-state index in [9.17, 15) is 13.0 Å². The second kappa shape index (κ2) is 13.4. The van der Waals surface area contributed by atoms with Gasteiger partial charge in [-0.05, 0) is 64.6 Å². The van der Waals surface area contributed by atoms with E-state index in [1.165, 1.54) is 0 Å². The number of hydrogen-bond acceptors (Lipinski definition) is 5. The van der Waals surface area contributed by atoms with Crippen LogP contribution in [0, 0.1) is 0 Å². The number of oxazole rings is 1. The van der Waals surface area contributed by atoms with E-state index in [1.807, 2.05) is 102 Å². The molecular formula is C40H35N2O5S+. The molecule has 0 saturated carbocycles. The molecule has 1 aliphatic heterocycles. The summed E-state index contributed by atoms with van der Waals surface area (Å²) in [6, 6.07) is 42.7. The maximum Gasteiger partial charge on any atom is 0.374 e. The van der Waals surface area contributed by atoms with Gasteiger partial charge in [0.2, 0.25) is 11.5 Å². The lowest BCUT2D eigenvalue weighted by atomic mass is 10.0. The third kappa shape index (κ3) is 6.67. The van der Waals surface area contributed by atoms with Crippen molar-refractivity contribution < 1.29 is 26.7 Å². The van der Waals surface area contributed by atoms with E-state index >= 15 is 0 Å². The minimum atomic E-state index is -4.11. The summed E-state index contributed by atoms with van der Waals surface area (Å²) in [6.07, 6.45) is 4.91. The molecule has 0 spiro atoms. The van der Waals surface area contributed by atoms with Gasteiger partial charge in [0, 0.05) is 24.3 Å². The maximum absolute atomic E-state index is 11.6. The van der Waals surface area contributed by atoms with Gasteiger partial charge >= 0.3 is 5.89 Å². The Kier molecular flexibility index (Phi) is 8.67. The first kappa shape index (κ1) is 31.2. The zero-order valence-electron chi connectivity index (χ0n) is 26.5. The smallest absolute Gasteiger partial charge is 0.374 e. The van der Waals surface area contributed by atoms with Gasteiger partial charge < -0.3 is 9.15 Å². The summed E-state index contributed by atoms with van der Waals surface area (Å²) < 4.78 is 47.5. The first-order chi connectivity index (χ1) is 23.4. The van der Waals surface area contributed by atoms with Crippen LogP contribution in [0.5, 0.6) is 5.75 Å². The van der Waals surface area contributed by atoms with Crippen LogP contribution in [0.4, 0.5) is 11.4 Å². The predicted octanol–water partition coefficient (Wildman–Crippen LogP) is 9.20. The molecule has 7 nitrogen and oxygen atoms in total. The topological polar surface area (TPSA) is 83.9 Å². The summed E-state index contributed by atoms with van der Waals surface area (Å²) in [5, 5.41) is 0. The van der Waals surface area contributed by atoms with E-state index in [-0.39, 0.29) is 12.2 Å². The molecule has 0 amide bonds. The molecule has 0 bridgehead atoms. The average Bonchev–Trinajstić information content (AvgIpc) is 3.64. The summed E-state index contributed by atoms with van der Waals surface area (Å²) in [4.78, 5) is 2.12. The number of hydrogen-bond donors (Lipinski definition) is 1. The molecule has 1 aliphatic rings. The van der Waals surface area contributed by atoms with Crippen LogP contribution in [-0.4, -0.2) is 18.7 Å². The lowest BCUT2D eigenvalue weighted by molar-refractivity contribution is -0.677. The van der Waals surface area contributed by atoms with Gasteiger partial charge in [0.15, 0.2) is 12.3 Å². The van der Waals surface area contributed by atoms with E-state index in [2.05, 4.69) is 54.3 Å². The number of allylic oxidation sites excluding steroid dienone is 2. The van der Waals surface area contributed by atoms with Crippen molar-refractivity contribution in [3.05, 3.63) is 151 Å². The first-order valence-corrected chi connectivity index (χ1v) is 17.6. The van der Waals surface area contributed by atoms with Crippen LogP contribution < -0.4 is 14.2 Å². The zero-order valence-corrected chi connectivity index (χ0v) is 27.3. The fraction of sp³-hybridized carbons (Fsp3) is 0.125. The quantitative estimate of drug-likeness (QED) is 0.117. The lowest BCUT2D eigenvalue weighted by Gasteiger charge is -2.19. The second-order valence-corrected chi connectivity index (χ2v) is 13.2. The van der Waals surface area contributed by atoms with Crippen LogP contribution >= 0.6 is 0 Å². The summed E-state index contributed by atoms with van der Waals surface area (Å²) in [5.41, 5.74) is 8.69. The van der Waals surface area contributed by atoms with Crippen molar-refractivity contribution in [3.8, 4) is 28.0 Å². The van der Waals surface area contributed by atoms with Crippen molar-refractivity contribution in [1.82, 2.24) is 0 Å². The van der Waals surface area contributed by atoms with Crippen molar-refractivity contribution in [2.75, 3.05) is 10.7 Å². The number of anilines is 2. The Hall–Kier alpha value is -5.44. The Morgan fingerprint density at radius 3 is 2.06 bits per heavy atom. The van der Waals surface area contributed by atoms with Gasteiger partial charge in [0.05, 0.1) is 17.5 Å². The molecule has 1 aromatic heterocycles. The van der Waals surface area contributed by atoms with Crippen LogP contribution in [0.2, 0.25) is 0 Å². The van der Waals surface area contributed by atoms with Crippen molar-refractivity contribution >= 4 is 38.7 Å². The van der Waals surface area contributed by atoms with E-state index < -0.39 is 10.1 Å². The summed E-state index contributed by atoms with van der Waals surface area (Å²) in [7, 11) is -4.11. The highest BCUT2D eigenvalue weighted by molar-refractivity contribution is 7.85. The number of aromatic nitrogens is 1. The SMILES string of the molecule is CCC(/C=C1\Oc2ccc(-c3ccccc3)cc2N1c1ccccc1)=C\c1oc2ccc(-c3ccccc3)cc2[n+]1CCCS(=O)(=O)O. The van der Waals surface area contributed by atoms with Gasteiger partial charge in [-0.15, -0.1) is 0 Å². The van der Waals surface area contributed by atoms with Crippen molar-refractivity contribution in [3.63, 3.8) is 0 Å². The van der Waals surface area contributed by atoms with Gasteiger partial charge in [0.1, 0.15) is 0 Å². The average molecular weight is 656 g/mol. The van der Waals surface area contributed by atoms with Crippen LogP contribution in [0.15, 0.2) is 149 Å². The molecule has 240 valence electrons. The van der Waals surface area contributed by atoms with Gasteiger partial charge in [-0.3, -0.25) is 9.45 Å². The molecule has 7 rings (SSSR count). The molecule has 0 saturated heterocycles. The Morgan fingerprint density at radius 1 is 0.792 bits per heavy atom. The van der Waals surface area contributed by atoms with Gasteiger partial charge in [-0.2, -0.15) is 13.0 Å². The molecule has 5 aromatic carbocycles. The number of aryl methyl sites for hydroxylation is 1. The van der Waals surface area contributed by atoms with Gasteiger partial charge in [0.25, 0.3) is 15.6 Å². The molecule has 6 aromatic rings. The highest BCUT2D eigenvalue weighted by atomic mass is 32.2. The molecule has 8 heteroatoms. The lowest BCUT2D eigenvalue weighted by Crippen LogP contribution is -2.36. The number of nitrogens with zero attached hydrogens (tertiary/aromatic N) is 2. The van der Waals surface area contributed by atoms with Crippen LogP contribution in [0.1, 0.15) is 25.7 Å². The van der Waals surface area contributed by atoms with Crippen molar-refractivity contribution in [2.45, 2.75) is 26.3 Å². The van der Waals surface area contributed by atoms with Crippen molar-refractivity contribution in [2.24, 2.45) is 0 Å². The van der Waals surface area contributed by atoms with E-state index in [1.54, 1.807) is 0 Å². The van der Waals surface area contributed by atoms with Crippen molar-refractivity contribution in [1.29, 1.82) is 0 Å². The van der Waals surface area contributed by atoms with Gasteiger partial charge in [-0.1, -0.05) is 97.9 Å². The van der Waals surface area contributed by atoms with E-state index in [4.69, 9.17) is 9.15 Å². The largest absolute Gasteiger partial charge is 0.438 e. The molecule has 0 atom stereocenters. The number of rotatable bonds is 10. The zero-order chi connectivity index (χ0) is 33.1. The van der Waals surface area contributed by atoms with E-state index in [0.29, 0.717) is 30.3 Å². The fourth-order valence-electron chi connectivity index (χ4n) is 6.02. The normalized spacial score (nSPS) is 14.0. The highest BCUT2D eigenvalue weighted by Crippen LogP contribution is 2.46. The third-order valence-corrected chi connectivity index (χ3v) is 9.21. The van der Waals surface area contributed by atoms with Gasteiger partial charge in [-0.25, -0.2) is 0 Å². The predicted molar refractivity (Wildman–Crippen MR) is 190 cm³/mol. The van der Waals surface area contributed by atoms with Crippen LogP contribution in [0.25, 0.3) is 39.4 Å². The van der Waals surface area contributed by atoms with E-state index in [0.717, 1.165) is 50.5 Å². The molecular weight excluding hydrogens is 621 g/mol. The molecule has 2 heterocycles. The molecule has 0 aliphatic carbocycles. The Balaban J connectivity index is 1.31. The summed E-state index contributed by atoms with van der Waals surface area (Å²) in [5.74, 6) is 1.65. The third-order valence-electron chi connectivity index (χ3n) is 8.40. The molecule has 0 radical (unpaired) electrons. The molecule has 0 fully saturated rings. The summed E-state index contributed by atoms with van der Waals surface area (Å²) >= 11 is 0. The number of benzene rings is 5. The van der Waals surface area contributed by atoms with Crippen LogP contribution in [-0.2, 0) is 16.7 Å². The first-order valence-electron chi connectivity index (χ1n) is 16.0. The number of fused-ring (bicyclic) bond motifs is 2.